The molecule has 1 aromatic heterocycles. The number of nitrogens with zero attached hydrogens (tertiary/aromatic N) is 1. The molecule has 1 aliphatic carbocycles. The zero-order chi connectivity index (χ0) is 20.1. The van der Waals surface area contributed by atoms with Gasteiger partial charge in [-0.1, -0.05) is 51.2 Å². The van der Waals surface area contributed by atoms with Gasteiger partial charge in [0, 0.05) is 28.4 Å². The van der Waals surface area contributed by atoms with Gasteiger partial charge >= 0.3 is 0 Å². The molecule has 150 valence electrons. The number of fused-ring (bicyclic) bond motifs is 1. The Morgan fingerprint density at radius 1 is 1.21 bits per heavy atom. The number of hydrogen-bond acceptors (Lipinski definition) is 4. The number of benzene rings is 1. The SMILES string of the molecule is C=C(CC1CCCCCC1)Nc1cccc2c(=O)n(C(CO)C(N)=O)ccc12. The number of primary amides is 1. The lowest BCUT2D eigenvalue weighted by atomic mass is 9.95. The fourth-order valence-electron chi connectivity index (χ4n) is 4.12. The number of carbonyl (C=O) groups is 1. The summed E-state index contributed by atoms with van der Waals surface area (Å²) in [5, 5.41) is 14.0. The van der Waals surface area contributed by atoms with Crippen molar-refractivity contribution in [3.63, 3.8) is 0 Å². The van der Waals surface area contributed by atoms with E-state index in [0.717, 1.165) is 23.2 Å². The highest BCUT2D eigenvalue weighted by Crippen LogP contribution is 2.29. The summed E-state index contributed by atoms with van der Waals surface area (Å²) in [6, 6.07) is 6.13. The van der Waals surface area contributed by atoms with Gasteiger partial charge in [0.15, 0.2) is 0 Å². The summed E-state index contributed by atoms with van der Waals surface area (Å²) in [6.45, 7) is 3.68. The van der Waals surface area contributed by atoms with Crippen molar-refractivity contribution in [2.45, 2.75) is 51.0 Å². The van der Waals surface area contributed by atoms with Gasteiger partial charge in [0.25, 0.3) is 5.56 Å². The maximum Gasteiger partial charge on any atom is 0.259 e. The van der Waals surface area contributed by atoms with Gasteiger partial charge in [0.05, 0.1) is 6.61 Å². The van der Waals surface area contributed by atoms with Crippen LogP contribution >= 0.6 is 0 Å². The third-order valence-electron chi connectivity index (χ3n) is 5.63. The Morgan fingerprint density at radius 2 is 1.93 bits per heavy atom. The van der Waals surface area contributed by atoms with Crippen LogP contribution in [0.2, 0.25) is 0 Å². The van der Waals surface area contributed by atoms with E-state index in [2.05, 4.69) is 11.9 Å². The van der Waals surface area contributed by atoms with Gasteiger partial charge in [-0.05, 0) is 30.5 Å². The van der Waals surface area contributed by atoms with E-state index in [-0.39, 0.29) is 5.56 Å². The lowest BCUT2D eigenvalue weighted by Gasteiger charge is -2.19. The molecule has 4 N–H and O–H groups in total. The second-order valence-electron chi connectivity index (χ2n) is 7.69. The average Bonchev–Trinajstić information content (AvgIpc) is 2.93. The quantitative estimate of drug-likeness (QED) is 0.639. The van der Waals surface area contributed by atoms with Gasteiger partial charge in [-0.15, -0.1) is 0 Å². The van der Waals surface area contributed by atoms with Crippen LogP contribution < -0.4 is 16.6 Å². The number of anilines is 1. The number of aromatic nitrogens is 1. The Balaban J connectivity index is 1.84. The monoisotopic (exact) mass is 383 g/mol. The molecular weight excluding hydrogens is 354 g/mol. The number of rotatable bonds is 7. The third-order valence-corrected chi connectivity index (χ3v) is 5.63. The highest BCUT2D eigenvalue weighted by Gasteiger charge is 2.19. The molecule has 1 atom stereocenters. The molecule has 0 saturated heterocycles. The Bertz CT molecular complexity index is 911. The van der Waals surface area contributed by atoms with E-state index < -0.39 is 18.6 Å². The van der Waals surface area contributed by atoms with Gasteiger partial charge < -0.3 is 20.7 Å². The van der Waals surface area contributed by atoms with Gasteiger partial charge in [-0.3, -0.25) is 9.59 Å². The summed E-state index contributed by atoms with van der Waals surface area (Å²) in [5.74, 6) is -0.0782. The number of pyridine rings is 1. The van der Waals surface area contributed by atoms with Crippen LogP contribution in [0, 0.1) is 5.92 Å². The predicted molar refractivity (Wildman–Crippen MR) is 112 cm³/mol. The van der Waals surface area contributed by atoms with Crippen molar-refractivity contribution >= 4 is 22.4 Å². The third kappa shape index (κ3) is 4.44. The van der Waals surface area contributed by atoms with E-state index in [1.165, 1.54) is 49.3 Å². The molecule has 1 aliphatic rings. The lowest BCUT2D eigenvalue weighted by Crippen LogP contribution is -2.35. The summed E-state index contributed by atoms with van der Waals surface area (Å²) in [6.07, 6.45) is 10.2. The zero-order valence-corrected chi connectivity index (χ0v) is 16.2. The molecule has 1 fully saturated rings. The number of carbonyl (C=O) groups excluding carboxylic acids is 1. The highest BCUT2D eigenvalue weighted by atomic mass is 16.3. The van der Waals surface area contributed by atoms with E-state index in [1.807, 2.05) is 6.07 Å². The number of nitrogens with two attached hydrogens (primary N) is 1. The average molecular weight is 383 g/mol. The van der Waals surface area contributed by atoms with Crippen LogP contribution in [0.15, 0.2) is 47.5 Å². The fraction of sp³-hybridized carbons (Fsp3) is 0.455. The summed E-state index contributed by atoms with van der Waals surface area (Å²) in [5.41, 5.74) is 6.72. The number of hydrogen-bond donors (Lipinski definition) is 3. The minimum atomic E-state index is -1.07. The first kappa shape index (κ1) is 20.1. The molecule has 1 amide bonds. The van der Waals surface area contributed by atoms with Crippen molar-refractivity contribution in [3.05, 3.63) is 53.1 Å². The fourth-order valence-corrected chi connectivity index (χ4v) is 4.12. The van der Waals surface area contributed by atoms with Gasteiger partial charge in [0.2, 0.25) is 5.91 Å². The first-order valence-electron chi connectivity index (χ1n) is 10.00. The van der Waals surface area contributed by atoms with Crippen LogP contribution in [-0.2, 0) is 4.79 Å². The Labute approximate surface area is 165 Å². The number of nitrogens with one attached hydrogen (secondary N) is 1. The Morgan fingerprint density at radius 3 is 2.57 bits per heavy atom. The molecule has 0 bridgehead atoms. The minimum Gasteiger partial charge on any atom is -0.394 e. The largest absolute Gasteiger partial charge is 0.394 e. The molecule has 1 saturated carbocycles. The van der Waals surface area contributed by atoms with Crippen LogP contribution in [0.25, 0.3) is 10.8 Å². The topological polar surface area (TPSA) is 97.3 Å². The molecule has 28 heavy (non-hydrogen) atoms. The molecule has 2 aromatic rings. The molecule has 6 nitrogen and oxygen atoms in total. The van der Waals surface area contributed by atoms with E-state index >= 15 is 0 Å². The molecule has 1 unspecified atom stereocenters. The van der Waals surface area contributed by atoms with Crippen LogP contribution in [0.4, 0.5) is 5.69 Å². The molecule has 1 aromatic carbocycles. The van der Waals surface area contributed by atoms with Crippen molar-refractivity contribution < 1.29 is 9.90 Å². The molecule has 0 radical (unpaired) electrons. The minimum absolute atomic E-state index is 0.353. The van der Waals surface area contributed by atoms with Crippen LogP contribution in [0.3, 0.4) is 0 Å². The van der Waals surface area contributed by atoms with Crippen molar-refractivity contribution in [3.8, 4) is 0 Å². The van der Waals surface area contributed by atoms with E-state index in [1.54, 1.807) is 18.2 Å². The molecule has 3 rings (SSSR count). The Kier molecular flexibility index (Phi) is 6.52. The standard InChI is InChI=1S/C22H29N3O3/c1-15(13-16-7-4-2-3-5-8-16)24-19-10-6-9-18-17(19)11-12-25(22(18)28)20(14-26)21(23)27/h6,9-12,16,20,24,26H,1-5,7-8,13-14H2,(H2,23,27). The Hall–Kier alpha value is -2.60. The molecule has 0 spiro atoms. The zero-order valence-electron chi connectivity index (χ0n) is 16.2. The number of allylic oxidation sites excluding steroid dienone is 1. The first-order valence-corrected chi connectivity index (χ1v) is 10.00. The number of aliphatic hydroxyl groups is 1. The van der Waals surface area contributed by atoms with Crippen molar-refractivity contribution in [1.82, 2.24) is 4.57 Å². The summed E-state index contributed by atoms with van der Waals surface area (Å²) in [7, 11) is 0. The van der Waals surface area contributed by atoms with Crippen LogP contribution in [-0.4, -0.2) is 22.2 Å². The van der Waals surface area contributed by atoms with Gasteiger partial charge in [-0.25, -0.2) is 0 Å². The first-order chi connectivity index (χ1) is 13.5. The molecule has 0 aliphatic heterocycles. The second-order valence-corrected chi connectivity index (χ2v) is 7.69. The van der Waals surface area contributed by atoms with E-state index in [9.17, 15) is 14.7 Å². The smallest absolute Gasteiger partial charge is 0.259 e. The predicted octanol–water partition coefficient (Wildman–Crippen LogP) is 3.31. The van der Waals surface area contributed by atoms with Crippen LogP contribution in [0.5, 0.6) is 0 Å². The van der Waals surface area contributed by atoms with Crippen molar-refractivity contribution in [1.29, 1.82) is 0 Å². The van der Waals surface area contributed by atoms with Crippen LogP contribution in [0.1, 0.15) is 51.0 Å². The van der Waals surface area contributed by atoms with Crippen molar-refractivity contribution in [2.24, 2.45) is 11.7 Å². The maximum absolute atomic E-state index is 12.8. The maximum atomic E-state index is 12.8. The number of amides is 1. The second kappa shape index (κ2) is 9.06. The summed E-state index contributed by atoms with van der Waals surface area (Å²) >= 11 is 0. The molecule has 6 heteroatoms. The normalized spacial score (nSPS) is 16.5. The van der Waals surface area contributed by atoms with E-state index in [4.69, 9.17) is 5.73 Å². The number of aliphatic hydroxyl groups excluding tert-OH is 1. The highest BCUT2D eigenvalue weighted by molar-refractivity contribution is 5.94. The summed E-state index contributed by atoms with van der Waals surface area (Å²) in [4.78, 5) is 24.3. The molecule has 1 heterocycles. The van der Waals surface area contributed by atoms with Crippen molar-refractivity contribution in [2.75, 3.05) is 11.9 Å². The van der Waals surface area contributed by atoms with Gasteiger partial charge in [0.1, 0.15) is 6.04 Å². The lowest BCUT2D eigenvalue weighted by molar-refractivity contribution is -0.122. The van der Waals surface area contributed by atoms with E-state index in [0.29, 0.717) is 11.3 Å². The summed E-state index contributed by atoms with van der Waals surface area (Å²) < 4.78 is 1.19. The van der Waals surface area contributed by atoms with Gasteiger partial charge in [-0.2, -0.15) is 0 Å². The molecular formula is C22H29N3O3.